The van der Waals surface area contributed by atoms with Crippen LogP contribution in [0.3, 0.4) is 0 Å². The lowest BCUT2D eigenvalue weighted by molar-refractivity contribution is -0.118. The van der Waals surface area contributed by atoms with Gasteiger partial charge in [0.2, 0.25) is 11.8 Å². The summed E-state index contributed by atoms with van der Waals surface area (Å²) in [6, 6.07) is 15.3. The van der Waals surface area contributed by atoms with E-state index in [1.807, 2.05) is 20.8 Å². The maximum absolute atomic E-state index is 15.7. The number of carbonyl (C=O) groups excluding carboxylic acids is 2. The van der Waals surface area contributed by atoms with Crippen LogP contribution in [-0.4, -0.2) is 23.9 Å². The Balaban J connectivity index is 1.89. The quantitative estimate of drug-likeness (QED) is 0.280. The standard InChI is InChI=1S/C31H30Cl2F2N4O2/c1-17(40)37-19-9-11-20(12-10-19)38-29(41)28-26(21-6-5-7-23(33)27(21)35)31(16-36,25(39-28)15-30(2,3)4)22-13-8-18(32)14-24(22)34/h5-14,25-26,28,39H,15H2,1-4H3,(H,37,40)(H,38,41)/t25-,26?,28+,31-/m0/s1. The van der Waals surface area contributed by atoms with Crippen LogP contribution in [0.15, 0.2) is 60.7 Å². The van der Waals surface area contributed by atoms with Crippen molar-refractivity contribution in [1.29, 1.82) is 5.26 Å². The van der Waals surface area contributed by atoms with Crippen LogP contribution in [0.1, 0.15) is 51.2 Å². The summed E-state index contributed by atoms with van der Waals surface area (Å²) >= 11 is 12.2. The molecule has 1 aliphatic rings. The van der Waals surface area contributed by atoms with Gasteiger partial charge in [0.25, 0.3) is 0 Å². The maximum Gasteiger partial charge on any atom is 0.242 e. The lowest BCUT2D eigenvalue weighted by Crippen LogP contribution is -2.45. The van der Waals surface area contributed by atoms with Crippen LogP contribution in [0, 0.1) is 28.4 Å². The molecule has 0 radical (unpaired) electrons. The minimum atomic E-state index is -1.72. The highest BCUT2D eigenvalue weighted by Gasteiger charge is 2.61. The van der Waals surface area contributed by atoms with E-state index in [2.05, 4.69) is 22.0 Å². The number of amides is 2. The number of hydrogen-bond donors (Lipinski definition) is 3. The molecule has 1 fully saturated rings. The summed E-state index contributed by atoms with van der Waals surface area (Å²) in [6.07, 6.45) is 0.358. The molecular formula is C31H30Cl2F2N4O2. The fourth-order valence-electron chi connectivity index (χ4n) is 5.62. The van der Waals surface area contributed by atoms with Gasteiger partial charge in [0, 0.05) is 40.8 Å². The van der Waals surface area contributed by atoms with E-state index in [9.17, 15) is 14.9 Å². The minimum absolute atomic E-state index is 0.00508. The van der Waals surface area contributed by atoms with Crippen molar-refractivity contribution in [2.75, 3.05) is 10.6 Å². The second kappa shape index (κ2) is 11.8. The molecular weight excluding hydrogens is 569 g/mol. The molecule has 10 heteroatoms. The van der Waals surface area contributed by atoms with E-state index in [1.54, 1.807) is 24.3 Å². The van der Waals surface area contributed by atoms with Crippen molar-refractivity contribution in [2.45, 2.75) is 57.5 Å². The Morgan fingerprint density at radius 2 is 1.66 bits per heavy atom. The van der Waals surface area contributed by atoms with E-state index in [0.717, 1.165) is 6.07 Å². The predicted octanol–water partition coefficient (Wildman–Crippen LogP) is 7.19. The fraction of sp³-hybridized carbons (Fsp3) is 0.323. The van der Waals surface area contributed by atoms with Gasteiger partial charge in [0.15, 0.2) is 0 Å². The van der Waals surface area contributed by atoms with Gasteiger partial charge < -0.3 is 16.0 Å². The third-order valence-electron chi connectivity index (χ3n) is 7.20. The smallest absolute Gasteiger partial charge is 0.242 e. The van der Waals surface area contributed by atoms with Gasteiger partial charge >= 0.3 is 0 Å². The van der Waals surface area contributed by atoms with Crippen molar-refractivity contribution in [3.8, 4) is 6.07 Å². The molecule has 0 aromatic heterocycles. The number of carbonyl (C=O) groups is 2. The van der Waals surface area contributed by atoms with E-state index in [0.29, 0.717) is 17.8 Å². The molecule has 6 nitrogen and oxygen atoms in total. The summed E-state index contributed by atoms with van der Waals surface area (Å²) < 4.78 is 31.4. The molecule has 1 heterocycles. The first-order chi connectivity index (χ1) is 19.3. The molecule has 0 bridgehead atoms. The van der Waals surface area contributed by atoms with Crippen molar-refractivity contribution in [3.05, 3.63) is 93.5 Å². The van der Waals surface area contributed by atoms with Gasteiger partial charge in [-0.25, -0.2) is 8.78 Å². The van der Waals surface area contributed by atoms with Crippen LogP contribution in [0.5, 0.6) is 0 Å². The van der Waals surface area contributed by atoms with Crippen LogP contribution >= 0.6 is 23.2 Å². The largest absolute Gasteiger partial charge is 0.326 e. The van der Waals surface area contributed by atoms with Crippen LogP contribution in [0.4, 0.5) is 20.2 Å². The average Bonchev–Trinajstić information content (AvgIpc) is 3.19. The number of anilines is 2. The molecule has 0 spiro atoms. The summed E-state index contributed by atoms with van der Waals surface area (Å²) in [4.78, 5) is 25.3. The van der Waals surface area contributed by atoms with E-state index >= 15 is 8.78 Å². The Morgan fingerprint density at radius 1 is 1.02 bits per heavy atom. The van der Waals surface area contributed by atoms with Crippen molar-refractivity contribution in [2.24, 2.45) is 5.41 Å². The third-order valence-corrected chi connectivity index (χ3v) is 7.73. The monoisotopic (exact) mass is 598 g/mol. The number of benzene rings is 3. The molecule has 2 amide bonds. The second-order valence-corrected chi connectivity index (χ2v) is 12.3. The molecule has 0 aliphatic carbocycles. The Hall–Kier alpha value is -3.51. The molecule has 3 N–H and O–H groups in total. The molecule has 4 atom stereocenters. The summed E-state index contributed by atoms with van der Waals surface area (Å²) in [5, 5.41) is 19.6. The van der Waals surface area contributed by atoms with E-state index < -0.39 is 41.0 Å². The lowest BCUT2D eigenvalue weighted by atomic mass is 9.62. The summed E-state index contributed by atoms with van der Waals surface area (Å²) in [7, 11) is 0. The number of nitrogens with one attached hydrogen (secondary N) is 3. The molecule has 3 aromatic rings. The van der Waals surface area contributed by atoms with Crippen LogP contribution < -0.4 is 16.0 Å². The van der Waals surface area contributed by atoms with Crippen molar-refractivity contribution in [1.82, 2.24) is 5.32 Å². The molecule has 1 unspecified atom stereocenters. The third kappa shape index (κ3) is 6.23. The van der Waals surface area contributed by atoms with Crippen molar-refractivity contribution >= 4 is 46.4 Å². The first-order valence-electron chi connectivity index (χ1n) is 13.0. The topological polar surface area (TPSA) is 94.0 Å². The summed E-state index contributed by atoms with van der Waals surface area (Å²) in [5.74, 6) is -3.49. The summed E-state index contributed by atoms with van der Waals surface area (Å²) in [5.41, 5.74) is -1.10. The van der Waals surface area contributed by atoms with Gasteiger partial charge in [-0.15, -0.1) is 0 Å². The zero-order valence-corrected chi connectivity index (χ0v) is 24.5. The van der Waals surface area contributed by atoms with Crippen LogP contribution in [-0.2, 0) is 15.0 Å². The minimum Gasteiger partial charge on any atom is -0.326 e. The number of hydrogen-bond acceptors (Lipinski definition) is 4. The zero-order valence-electron chi connectivity index (χ0n) is 23.0. The second-order valence-electron chi connectivity index (χ2n) is 11.4. The predicted molar refractivity (Wildman–Crippen MR) is 157 cm³/mol. The van der Waals surface area contributed by atoms with E-state index in [1.165, 1.54) is 37.3 Å². The number of rotatable bonds is 6. The van der Waals surface area contributed by atoms with Gasteiger partial charge in [-0.2, -0.15) is 5.26 Å². The number of halogens is 4. The Labute approximate surface area is 248 Å². The SMILES string of the molecule is CC(=O)Nc1ccc(NC(=O)[C@@H]2N[C@@H](CC(C)(C)C)[C@](C#N)(c3ccc(Cl)cc3F)C2c2cccc(Cl)c2F)cc1. The van der Waals surface area contributed by atoms with Crippen molar-refractivity contribution in [3.63, 3.8) is 0 Å². The van der Waals surface area contributed by atoms with Crippen LogP contribution in [0.25, 0.3) is 0 Å². The average molecular weight is 600 g/mol. The Bertz CT molecular complexity index is 1520. The zero-order chi connectivity index (χ0) is 30.1. The number of nitrogens with zero attached hydrogens (tertiary/aromatic N) is 1. The normalized spacial score (nSPS) is 22.2. The fourth-order valence-corrected chi connectivity index (χ4v) is 5.96. The van der Waals surface area contributed by atoms with Gasteiger partial charge in [0.05, 0.1) is 17.1 Å². The summed E-state index contributed by atoms with van der Waals surface area (Å²) in [6.45, 7) is 7.28. The highest BCUT2D eigenvalue weighted by atomic mass is 35.5. The molecule has 1 aliphatic heterocycles. The molecule has 3 aromatic carbocycles. The molecule has 4 rings (SSSR count). The highest BCUT2D eigenvalue weighted by Crippen LogP contribution is 2.52. The van der Waals surface area contributed by atoms with Gasteiger partial charge in [-0.3, -0.25) is 9.59 Å². The van der Waals surface area contributed by atoms with Gasteiger partial charge in [-0.1, -0.05) is 62.2 Å². The number of nitriles is 1. The Kier molecular flexibility index (Phi) is 8.74. The van der Waals surface area contributed by atoms with Crippen molar-refractivity contribution < 1.29 is 18.4 Å². The highest BCUT2D eigenvalue weighted by molar-refractivity contribution is 6.31. The maximum atomic E-state index is 15.7. The first kappa shape index (κ1) is 30.4. The van der Waals surface area contributed by atoms with Gasteiger partial charge in [-0.05, 0) is 59.9 Å². The van der Waals surface area contributed by atoms with Crippen LogP contribution in [0.2, 0.25) is 10.0 Å². The molecule has 0 saturated carbocycles. The van der Waals surface area contributed by atoms with E-state index in [4.69, 9.17) is 23.2 Å². The Morgan fingerprint density at radius 3 is 2.22 bits per heavy atom. The molecule has 1 saturated heterocycles. The lowest BCUT2D eigenvalue weighted by Gasteiger charge is -2.37. The molecule has 41 heavy (non-hydrogen) atoms. The molecule has 214 valence electrons. The van der Waals surface area contributed by atoms with E-state index in [-0.39, 0.29) is 32.5 Å². The van der Waals surface area contributed by atoms with Gasteiger partial charge in [0.1, 0.15) is 17.0 Å². The first-order valence-corrected chi connectivity index (χ1v) is 13.8.